The van der Waals surface area contributed by atoms with E-state index in [4.69, 9.17) is 41.3 Å². The first-order chi connectivity index (χ1) is 27.1. The molecule has 0 radical (unpaired) electrons. The van der Waals surface area contributed by atoms with Crippen LogP contribution in [0.25, 0.3) is 0 Å². The number of methoxy groups -OCH3 is 6. The molecule has 1 N–H and O–H groups in total. The second-order valence-electron chi connectivity index (χ2n) is 14.2. The molecule has 332 valence electrons. The van der Waals surface area contributed by atoms with E-state index in [0.717, 1.165) is 97.0 Å². The fourth-order valence-electron chi connectivity index (χ4n) is 7.04. The van der Waals surface area contributed by atoms with Gasteiger partial charge < -0.3 is 38.3 Å². The van der Waals surface area contributed by atoms with Crippen LogP contribution in [-0.4, -0.2) is 54.1 Å². The molecule has 2 rings (SSSR count). The lowest BCUT2D eigenvalue weighted by Crippen LogP contribution is -2.08. The highest BCUT2D eigenvalue weighted by molar-refractivity contribution is 5.63. The van der Waals surface area contributed by atoms with Gasteiger partial charge in [0.05, 0.1) is 48.8 Å². The van der Waals surface area contributed by atoms with Crippen molar-refractivity contribution in [3.63, 3.8) is 0 Å². The molecule has 0 spiro atoms. The van der Waals surface area contributed by atoms with Crippen molar-refractivity contribution in [2.45, 2.75) is 177 Å². The zero-order valence-electron chi connectivity index (χ0n) is 36.8. The molecule has 0 fully saturated rings. The molecule has 0 bridgehead atoms. The summed E-state index contributed by atoms with van der Waals surface area (Å²) in [6.07, 6.45) is 33.8. The first-order valence-electron chi connectivity index (χ1n) is 20.6. The first-order valence-corrected chi connectivity index (χ1v) is 20.6. The molecule has 8 heteroatoms. The molecule has 0 aliphatic rings. The molecule has 0 amide bonds. The van der Waals surface area contributed by atoms with Crippen molar-refractivity contribution in [2.75, 3.05) is 42.7 Å². The highest BCUT2D eigenvalue weighted by Crippen LogP contribution is 2.47. The molecule has 0 saturated carbocycles. The summed E-state index contributed by atoms with van der Waals surface area (Å²) in [5.41, 5.74) is 4.81. The van der Waals surface area contributed by atoms with Gasteiger partial charge in [-0.1, -0.05) is 98.3 Å². The maximum absolute atomic E-state index is 10.8. The Bertz CT molecular complexity index is 1380. The molecule has 0 heterocycles. The van der Waals surface area contributed by atoms with Gasteiger partial charge in [-0.05, 0) is 76.1 Å². The van der Waals surface area contributed by atoms with Crippen LogP contribution >= 0.6 is 0 Å². The Morgan fingerprint density at radius 2 is 0.828 bits per heavy atom. The second-order valence-corrected chi connectivity index (χ2v) is 14.2. The number of aliphatic hydroxyl groups is 1. The van der Waals surface area contributed by atoms with E-state index < -0.39 is 6.10 Å². The van der Waals surface area contributed by atoms with Crippen LogP contribution in [0.2, 0.25) is 0 Å². The van der Waals surface area contributed by atoms with Crippen molar-refractivity contribution in [1.29, 1.82) is 0 Å². The van der Waals surface area contributed by atoms with Crippen molar-refractivity contribution in [1.82, 2.24) is 0 Å². The lowest BCUT2D eigenvalue weighted by atomic mass is 9.92. The third-order valence-electron chi connectivity index (χ3n) is 9.96. The molecule has 0 aromatic heterocycles. The number of unbranched alkanes of at least 4 members (excludes halogenated alkanes) is 17. The van der Waals surface area contributed by atoms with Crippen LogP contribution in [0.4, 0.5) is 0 Å². The predicted molar refractivity (Wildman–Crippen MR) is 246 cm³/mol. The Morgan fingerprint density at radius 1 is 0.517 bits per heavy atom. The van der Waals surface area contributed by atoms with E-state index in [2.05, 4.69) is 11.8 Å². The Labute approximate surface area is 356 Å². The van der Waals surface area contributed by atoms with E-state index in [1.807, 2.05) is 33.8 Å². The Balaban J connectivity index is -0.000000851. The van der Waals surface area contributed by atoms with Gasteiger partial charge in [-0.3, -0.25) is 0 Å². The van der Waals surface area contributed by atoms with Crippen molar-refractivity contribution < 1.29 is 38.3 Å². The molecular weight excluding hydrogens is 729 g/mol. The maximum Gasteiger partial charge on any atom is 0.203 e. The Hall–Kier alpha value is -4.01. The van der Waals surface area contributed by atoms with E-state index in [1.54, 1.807) is 42.7 Å². The van der Waals surface area contributed by atoms with Crippen LogP contribution in [-0.2, 0) is 4.79 Å². The van der Waals surface area contributed by atoms with Crippen molar-refractivity contribution in [3.05, 3.63) is 33.9 Å². The summed E-state index contributed by atoms with van der Waals surface area (Å²) >= 11 is 0. The standard InChI is InChI=1S/C24H38O4.C13H22O.C11H16O3.2CH4/c1-7-8-9-10-11-12-13-14-15-16-17-20(25)21-18(2)22(26-4)24(28-6)23(27-5)19(21)3;1-2-3-4-5-6-7-8-9-10-11-12-13-14;1-7-6-8(2)10(13-4)11(14-5)9(7)12-3;;/h1,20,25H,8-17H2,2-6H3;1,13H,3-12H2;6H,1-5H3;2*1H4. The minimum absolute atomic E-state index is 0. The van der Waals surface area contributed by atoms with E-state index in [1.165, 1.54) is 77.0 Å². The van der Waals surface area contributed by atoms with E-state index in [9.17, 15) is 9.90 Å². The summed E-state index contributed by atoms with van der Waals surface area (Å²) in [7, 11) is 9.69. The van der Waals surface area contributed by atoms with E-state index >= 15 is 0 Å². The zero-order valence-corrected chi connectivity index (χ0v) is 36.8. The van der Waals surface area contributed by atoms with Gasteiger partial charge in [0.15, 0.2) is 23.0 Å². The third kappa shape index (κ3) is 21.7. The number of carbonyl (C=O) groups excluding carboxylic acids is 1. The average Bonchev–Trinajstić information content (AvgIpc) is 3.19. The number of terminal acetylenes is 2. The minimum Gasteiger partial charge on any atom is -0.492 e. The SMILES string of the molecule is C.C.C#CCCCCCCCCCCC(O)c1c(C)c(OC)c(OC)c(OC)c1C.C#CCCCCCCCCCCC=O.COc1c(C)cc(C)c(OC)c1OC. The van der Waals surface area contributed by atoms with Crippen LogP contribution in [0, 0.1) is 52.4 Å². The molecule has 0 saturated heterocycles. The lowest BCUT2D eigenvalue weighted by molar-refractivity contribution is -0.107. The molecule has 1 atom stereocenters. The maximum atomic E-state index is 10.8. The number of rotatable bonds is 27. The minimum atomic E-state index is -0.530. The van der Waals surface area contributed by atoms with Crippen molar-refractivity contribution >= 4 is 6.29 Å². The summed E-state index contributed by atoms with van der Waals surface area (Å²) in [5.74, 6) is 9.31. The molecular formula is C50H84O8. The molecule has 1 unspecified atom stereocenters. The Kier molecular flexibility index (Phi) is 37.5. The monoisotopic (exact) mass is 813 g/mol. The number of aldehydes is 1. The van der Waals surface area contributed by atoms with Gasteiger partial charge in [-0.2, -0.15) is 0 Å². The van der Waals surface area contributed by atoms with Gasteiger partial charge in [0.2, 0.25) is 11.5 Å². The second kappa shape index (κ2) is 37.3. The molecule has 58 heavy (non-hydrogen) atoms. The van der Waals surface area contributed by atoms with Gasteiger partial charge >= 0.3 is 0 Å². The fraction of sp³-hybridized carbons (Fsp3) is 0.660. The quantitative estimate of drug-likeness (QED) is 0.0542. The highest BCUT2D eigenvalue weighted by atomic mass is 16.5. The highest BCUT2D eigenvalue weighted by Gasteiger charge is 2.25. The number of carbonyl (C=O) groups is 1. The van der Waals surface area contributed by atoms with Crippen LogP contribution in [0.1, 0.15) is 177 Å². The van der Waals surface area contributed by atoms with Gasteiger partial charge in [0.25, 0.3) is 0 Å². The molecule has 8 nitrogen and oxygen atoms in total. The topological polar surface area (TPSA) is 92.7 Å². The van der Waals surface area contributed by atoms with Crippen LogP contribution in [0.15, 0.2) is 6.07 Å². The fourth-order valence-corrected chi connectivity index (χ4v) is 7.04. The van der Waals surface area contributed by atoms with Gasteiger partial charge in [0.1, 0.15) is 6.29 Å². The van der Waals surface area contributed by atoms with Crippen molar-refractivity contribution in [3.8, 4) is 59.2 Å². The third-order valence-corrected chi connectivity index (χ3v) is 9.96. The number of aryl methyl sites for hydroxylation is 2. The van der Waals surface area contributed by atoms with Gasteiger partial charge in [-0.15, -0.1) is 24.7 Å². The van der Waals surface area contributed by atoms with Crippen molar-refractivity contribution in [2.24, 2.45) is 0 Å². The van der Waals surface area contributed by atoms with Gasteiger partial charge in [0, 0.05) is 30.4 Å². The predicted octanol–water partition coefficient (Wildman–Crippen LogP) is 13.2. The largest absolute Gasteiger partial charge is 0.492 e. The number of benzene rings is 2. The number of aliphatic hydroxyl groups excluding tert-OH is 1. The summed E-state index contributed by atoms with van der Waals surface area (Å²) < 4.78 is 32.3. The van der Waals surface area contributed by atoms with Crippen LogP contribution < -0.4 is 28.4 Å². The zero-order chi connectivity index (χ0) is 42.1. The van der Waals surface area contributed by atoms with Gasteiger partial charge in [-0.25, -0.2) is 0 Å². The van der Waals surface area contributed by atoms with Crippen LogP contribution in [0.3, 0.4) is 0 Å². The normalized spacial score (nSPS) is 10.4. The molecule has 0 aliphatic heterocycles. The summed E-state index contributed by atoms with van der Waals surface area (Å²) in [6.45, 7) is 7.89. The summed E-state index contributed by atoms with van der Waals surface area (Å²) in [6, 6.07) is 2.01. The lowest BCUT2D eigenvalue weighted by Gasteiger charge is -2.23. The van der Waals surface area contributed by atoms with E-state index in [0.29, 0.717) is 23.0 Å². The first kappa shape index (κ1) is 58.3. The number of hydrogen-bond donors (Lipinski definition) is 1. The smallest absolute Gasteiger partial charge is 0.203 e. The number of hydrogen-bond acceptors (Lipinski definition) is 8. The summed E-state index contributed by atoms with van der Waals surface area (Å²) in [5, 5.41) is 10.8. The molecule has 0 aliphatic carbocycles. The average molecular weight is 813 g/mol. The van der Waals surface area contributed by atoms with E-state index in [-0.39, 0.29) is 14.9 Å². The Morgan fingerprint density at radius 3 is 1.16 bits per heavy atom. The molecule has 2 aromatic carbocycles. The molecule has 2 aromatic rings. The summed E-state index contributed by atoms with van der Waals surface area (Å²) in [4.78, 5) is 10.0. The number of ether oxygens (including phenoxy) is 6. The van der Waals surface area contributed by atoms with Crippen LogP contribution in [0.5, 0.6) is 34.5 Å².